The van der Waals surface area contributed by atoms with Crippen molar-refractivity contribution in [2.75, 3.05) is 13.1 Å². The molecule has 25 heavy (non-hydrogen) atoms. The van der Waals surface area contributed by atoms with Gasteiger partial charge in [0.1, 0.15) is 0 Å². The monoisotopic (exact) mass is 415 g/mol. The Labute approximate surface area is 151 Å². The number of amides is 1. The number of halogens is 4. The molecule has 2 heterocycles. The van der Waals surface area contributed by atoms with Crippen LogP contribution in [0.2, 0.25) is 0 Å². The summed E-state index contributed by atoms with van der Waals surface area (Å²) in [5.41, 5.74) is 1.73. The maximum Gasteiger partial charge on any atom is 0.393 e. The van der Waals surface area contributed by atoms with Crippen LogP contribution >= 0.6 is 15.9 Å². The summed E-state index contributed by atoms with van der Waals surface area (Å²) in [5.74, 6) is -1.85. The molecule has 134 valence electrons. The summed E-state index contributed by atoms with van der Waals surface area (Å²) < 4.78 is 41.4. The zero-order valence-corrected chi connectivity index (χ0v) is 15.1. The lowest BCUT2D eigenvalue weighted by Gasteiger charge is -2.33. The Balaban J connectivity index is 1.82. The van der Waals surface area contributed by atoms with Crippen molar-refractivity contribution in [3.05, 3.63) is 46.2 Å². The van der Waals surface area contributed by atoms with E-state index < -0.39 is 18.0 Å². The first-order valence-electron chi connectivity index (χ1n) is 7.94. The van der Waals surface area contributed by atoms with Crippen molar-refractivity contribution >= 4 is 21.8 Å². The Morgan fingerprint density at radius 3 is 2.60 bits per heavy atom. The van der Waals surface area contributed by atoms with Gasteiger partial charge >= 0.3 is 6.18 Å². The molecule has 1 aromatic heterocycles. The molecule has 3 rings (SSSR count). The normalized spacial score (nSPS) is 18.4. The van der Waals surface area contributed by atoms with Crippen molar-refractivity contribution in [1.82, 2.24) is 14.7 Å². The lowest BCUT2D eigenvalue weighted by molar-refractivity contribution is -0.184. The van der Waals surface area contributed by atoms with E-state index >= 15 is 0 Å². The molecule has 1 unspecified atom stereocenters. The standard InChI is InChI=1S/C17H17BrF3N3O/c1-11-15(9-22-24(11)14-6-4-13(18)5-7-14)16(25)23-8-2-3-12(10-23)17(19,20)21/h4-7,9,12H,2-3,8,10H2,1H3. The summed E-state index contributed by atoms with van der Waals surface area (Å²) in [6, 6.07) is 7.41. The predicted octanol–water partition coefficient (Wildman–Crippen LogP) is 4.36. The van der Waals surface area contributed by atoms with Crippen LogP contribution < -0.4 is 0 Å². The quantitative estimate of drug-likeness (QED) is 0.730. The average molecular weight is 416 g/mol. The highest BCUT2D eigenvalue weighted by Crippen LogP contribution is 2.33. The molecule has 8 heteroatoms. The summed E-state index contributed by atoms with van der Waals surface area (Å²) in [7, 11) is 0. The number of carbonyl (C=O) groups is 1. The van der Waals surface area contributed by atoms with Gasteiger partial charge in [-0.3, -0.25) is 4.79 Å². The summed E-state index contributed by atoms with van der Waals surface area (Å²) >= 11 is 3.36. The second-order valence-electron chi connectivity index (χ2n) is 6.16. The number of carbonyl (C=O) groups excluding carboxylic acids is 1. The molecule has 0 radical (unpaired) electrons. The molecule has 1 saturated heterocycles. The van der Waals surface area contributed by atoms with Crippen molar-refractivity contribution in [3.63, 3.8) is 0 Å². The first-order valence-corrected chi connectivity index (χ1v) is 8.73. The lowest BCUT2D eigenvalue weighted by atomic mass is 9.97. The second kappa shape index (κ2) is 6.82. The largest absolute Gasteiger partial charge is 0.393 e. The van der Waals surface area contributed by atoms with Crippen LogP contribution in [0, 0.1) is 12.8 Å². The first kappa shape index (κ1) is 18.0. The van der Waals surface area contributed by atoms with Crippen LogP contribution in [0.3, 0.4) is 0 Å². The van der Waals surface area contributed by atoms with E-state index in [9.17, 15) is 18.0 Å². The van der Waals surface area contributed by atoms with Gasteiger partial charge in [-0.25, -0.2) is 4.68 Å². The number of aromatic nitrogens is 2. The van der Waals surface area contributed by atoms with Crippen LogP contribution in [0.25, 0.3) is 5.69 Å². The maximum absolute atomic E-state index is 13.0. The van der Waals surface area contributed by atoms with E-state index in [4.69, 9.17) is 0 Å². The molecule has 0 spiro atoms. The van der Waals surface area contributed by atoms with Gasteiger partial charge in [0.2, 0.25) is 0 Å². The van der Waals surface area contributed by atoms with E-state index in [2.05, 4.69) is 21.0 Å². The van der Waals surface area contributed by atoms with E-state index in [-0.39, 0.29) is 13.0 Å². The Hall–Kier alpha value is -1.83. The van der Waals surface area contributed by atoms with Gasteiger partial charge in [-0.05, 0) is 44.0 Å². The minimum atomic E-state index is -4.27. The molecule has 1 atom stereocenters. The Bertz CT molecular complexity index is 770. The predicted molar refractivity (Wildman–Crippen MR) is 90.7 cm³/mol. The Morgan fingerprint density at radius 2 is 1.96 bits per heavy atom. The van der Waals surface area contributed by atoms with Crippen molar-refractivity contribution in [3.8, 4) is 5.69 Å². The second-order valence-corrected chi connectivity index (χ2v) is 7.08. The van der Waals surface area contributed by atoms with Crippen LogP contribution in [0.5, 0.6) is 0 Å². The van der Waals surface area contributed by atoms with Gasteiger partial charge in [0.25, 0.3) is 5.91 Å². The smallest absolute Gasteiger partial charge is 0.338 e. The van der Waals surface area contributed by atoms with Crippen LogP contribution in [-0.2, 0) is 0 Å². The highest BCUT2D eigenvalue weighted by Gasteiger charge is 2.43. The molecule has 1 amide bonds. The highest BCUT2D eigenvalue weighted by molar-refractivity contribution is 9.10. The van der Waals surface area contributed by atoms with Gasteiger partial charge in [0, 0.05) is 17.6 Å². The first-order chi connectivity index (χ1) is 11.8. The SMILES string of the molecule is Cc1c(C(=O)N2CCCC(C(F)(F)F)C2)cnn1-c1ccc(Br)cc1. The fourth-order valence-corrected chi connectivity index (χ4v) is 3.33. The van der Waals surface area contributed by atoms with Crippen LogP contribution in [0.4, 0.5) is 13.2 Å². The number of likely N-dealkylation sites (tertiary alicyclic amines) is 1. The summed E-state index contributed by atoms with van der Waals surface area (Å²) in [6.45, 7) is 1.80. The van der Waals surface area contributed by atoms with Gasteiger partial charge in [-0.2, -0.15) is 18.3 Å². The summed E-state index contributed by atoms with van der Waals surface area (Å²) in [6.07, 6.45) is -2.41. The van der Waals surface area contributed by atoms with Crippen LogP contribution in [0.1, 0.15) is 28.9 Å². The summed E-state index contributed by atoms with van der Waals surface area (Å²) in [4.78, 5) is 14.0. The van der Waals surface area contributed by atoms with Crippen molar-refractivity contribution in [2.45, 2.75) is 25.9 Å². The molecule has 2 aromatic rings. The van der Waals surface area contributed by atoms with E-state index in [1.165, 1.54) is 11.1 Å². The van der Waals surface area contributed by atoms with Gasteiger partial charge in [-0.15, -0.1) is 0 Å². The molecule has 1 fully saturated rings. The third kappa shape index (κ3) is 3.73. The number of benzene rings is 1. The van der Waals surface area contributed by atoms with E-state index in [0.29, 0.717) is 24.2 Å². The number of hydrogen-bond donors (Lipinski definition) is 0. The Morgan fingerprint density at radius 1 is 1.28 bits per heavy atom. The maximum atomic E-state index is 13.0. The molecule has 1 aliphatic heterocycles. The molecule has 0 bridgehead atoms. The van der Waals surface area contributed by atoms with Crippen molar-refractivity contribution < 1.29 is 18.0 Å². The lowest BCUT2D eigenvalue weighted by Crippen LogP contribution is -2.44. The van der Waals surface area contributed by atoms with Gasteiger partial charge in [-0.1, -0.05) is 15.9 Å². The molecular weight excluding hydrogens is 399 g/mol. The van der Waals surface area contributed by atoms with E-state index in [1.807, 2.05) is 24.3 Å². The molecule has 0 aliphatic carbocycles. The van der Waals surface area contributed by atoms with Gasteiger partial charge in [0.15, 0.2) is 0 Å². The molecular formula is C17H17BrF3N3O. The minimum Gasteiger partial charge on any atom is -0.338 e. The van der Waals surface area contributed by atoms with Gasteiger partial charge in [0.05, 0.1) is 29.1 Å². The topological polar surface area (TPSA) is 38.1 Å². The molecule has 1 aromatic carbocycles. The minimum absolute atomic E-state index is 0.0738. The molecule has 0 saturated carbocycles. The van der Waals surface area contributed by atoms with Crippen molar-refractivity contribution in [2.24, 2.45) is 5.92 Å². The van der Waals surface area contributed by atoms with Crippen molar-refractivity contribution in [1.29, 1.82) is 0 Å². The number of nitrogens with zero attached hydrogens (tertiary/aromatic N) is 3. The zero-order valence-electron chi connectivity index (χ0n) is 13.6. The number of hydrogen-bond acceptors (Lipinski definition) is 2. The number of piperidine rings is 1. The molecule has 0 N–H and O–H groups in total. The number of alkyl halides is 3. The zero-order chi connectivity index (χ0) is 18.2. The van der Waals surface area contributed by atoms with E-state index in [1.54, 1.807) is 11.6 Å². The van der Waals surface area contributed by atoms with E-state index in [0.717, 1.165) is 10.2 Å². The summed E-state index contributed by atoms with van der Waals surface area (Å²) in [5, 5.41) is 4.23. The van der Waals surface area contributed by atoms with Crippen LogP contribution in [0.15, 0.2) is 34.9 Å². The third-order valence-corrected chi connectivity index (χ3v) is 5.01. The number of rotatable bonds is 2. The molecule has 4 nitrogen and oxygen atoms in total. The fraction of sp³-hybridized carbons (Fsp3) is 0.412. The Kier molecular flexibility index (Phi) is 4.90. The fourth-order valence-electron chi connectivity index (χ4n) is 3.06. The molecule has 1 aliphatic rings. The van der Waals surface area contributed by atoms with Crippen LogP contribution in [-0.4, -0.2) is 39.9 Å². The third-order valence-electron chi connectivity index (χ3n) is 4.48. The van der Waals surface area contributed by atoms with Gasteiger partial charge < -0.3 is 4.90 Å². The average Bonchev–Trinajstić information content (AvgIpc) is 2.96. The highest BCUT2D eigenvalue weighted by atomic mass is 79.9.